The first-order valence-electron chi connectivity index (χ1n) is 8.78. The third kappa shape index (κ3) is 4.73. The highest BCUT2D eigenvalue weighted by Crippen LogP contribution is 2.20. The molecule has 1 N–H and O–H groups in total. The quantitative estimate of drug-likeness (QED) is 0.790. The number of benzene rings is 2. The number of carbonyl (C=O) groups is 1. The summed E-state index contributed by atoms with van der Waals surface area (Å²) in [6, 6.07) is 8.99. The average molecular weight is 410 g/mol. The van der Waals surface area contributed by atoms with Crippen molar-refractivity contribution in [2.75, 3.05) is 32.8 Å². The molecule has 1 aliphatic heterocycles. The maximum atomic E-state index is 14.1. The van der Waals surface area contributed by atoms with Crippen LogP contribution in [-0.2, 0) is 21.2 Å². The summed E-state index contributed by atoms with van der Waals surface area (Å²) >= 11 is 0. The van der Waals surface area contributed by atoms with Gasteiger partial charge >= 0.3 is 0 Å². The van der Waals surface area contributed by atoms with Gasteiger partial charge in [-0.25, -0.2) is 17.2 Å². The van der Waals surface area contributed by atoms with E-state index in [0.29, 0.717) is 6.42 Å². The van der Waals surface area contributed by atoms with Crippen LogP contribution < -0.4 is 5.32 Å². The number of halogens is 2. The standard InChI is InChI=1S/C19H20F2N2O4S/c20-15-3-1-14(2-4-15)7-8-22-19(24)17-13-16(5-6-18(17)21)28(25,26)23-9-11-27-12-10-23/h1-6,13H,7-12H2,(H,22,24). The minimum Gasteiger partial charge on any atom is -0.379 e. The van der Waals surface area contributed by atoms with Crippen molar-refractivity contribution in [3.05, 3.63) is 65.2 Å². The maximum absolute atomic E-state index is 14.1. The first-order chi connectivity index (χ1) is 13.4. The average Bonchev–Trinajstić information content (AvgIpc) is 2.70. The van der Waals surface area contributed by atoms with Crippen LogP contribution in [0.15, 0.2) is 47.4 Å². The van der Waals surface area contributed by atoms with Gasteiger partial charge in [0.05, 0.1) is 23.7 Å². The van der Waals surface area contributed by atoms with Crippen molar-refractivity contribution in [2.24, 2.45) is 0 Å². The maximum Gasteiger partial charge on any atom is 0.254 e. The van der Waals surface area contributed by atoms with Gasteiger partial charge < -0.3 is 10.1 Å². The molecule has 0 radical (unpaired) electrons. The lowest BCUT2D eigenvalue weighted by atomic mass is 10.1. The van der Waals surface area contributed by atoms with E-state index in [4.69, 9.17) is 4.74 Å². The number of rotatable bonds is 6. The van der Waals surface area contributed by atoms with E-state index in [0.717, 1.165) is 23.8 Å². The zero-order valence-corrected chi connectivity index (χ0v) is 15.8. The van der Waals surface area contributed by atoms with Crippen LogP contribution in [0.3, 0.4) is 0 Å². The Morgan fingerprint density at radius 1 is 1.07 bits per heavy atom. The molecule has 0 bridgehead atoms. The Morgan fingerprint density at radius 3 is 2.43 bits per heavy atom. The minimum atomic E-state index is -3.83. The van der Waals surface area contributed by atoms with Gasteiger partial charge in [-0.1, -0.05) is 12.1 Å². The summed E-state index contributed by atoms with van der Waals surface area (Å²) in [5.41, 5.74) is 0.472. The fourth-order valence-electron chi connectivity index (χ4n) is 2.84. The normalized spacial score (nSPS) is 15.4. The Labute approximate surface area is 162 Å². The molecule has 1 heterocycles. The van der Waals surface area contributed by atoms with Crippen molar-refractivity contribution >= 4 is 15.9 Å². The predicted molar refractivity (Wildman–Crippen MR) is 98.4 cm³/mol. The first kappa shape index (κ1) is 20.4. The fraction of sp³-hybridized carbons (Fsp3) is 0.316. The number of nitrogens with one attached hydrogen (secondary N) is 1. The summed E-state index contributed by atoms with van der Waals surface area (Å²) in [7, 11) is -3.83. The second-order valence-corrected chi connectivity index (χ2v) is 8.23. The first-order valence-corrected chi connectivity index (χ1v) is 10.2. The van der Waals surface area contributed by atoms with Crippen LogP contribution in [0.5, 0.6) is 0 Å². The molecule has 0 atom stereocenters. The second-order valence-electron chi connectivity index (χ2n) is 6.29. The van der Waals surface area contributed by atoms with Crippen LogP contribution in [0.2, 0.25) is 0 Å². The zero-order valence-electron chi connectivity index (χ0n) is 15.0. The molecule has 28 heavy (non-hydrogen) atoms. The molecule has 1 aliphatic rings. The van der Waals surface area contributed by atoms with Crippen molar-refractivity contribution in [3.63, 3.8) is 0 Å². The molecule has 1 saturated heterocycles. The van der Waals surface area contributed by atoms with Crippen molar-refractivity contribution in [2.45, 2.75) is 11.3 Å². The molecule has 9 heteroatoms. The second kappa shape index (κ2) is 8.76. The third-order valence-corrected chi connectivity index (χ3v) is 6.30. The van der Waals surface area contributed by atoms with Crippen molar-refractivity contribution < 1.29 is 26.7 Å². The number of carbonyl (C=O) groups excluding carboxylic acids is 1. The van der Waals surface area contributed by atoms with Crippen molar-refractivity contribution in [3.8, 4) is 0 Å². The number of hydrogen-bond acceptors (Lipinski definition) is 4. The summed E-state index contributed by atoms with van der Waals surface area (Å²) in [5, 5.41) is 2.56. The molecule has 0 saturated carbocycles. The Morgan fingerprint density at radius 2 is 1.75 bits per heavy atom. The molecule has 3 rings (SSSR count). The van der Waals surface area contributed by atoms with E-state index in [1.165, 1.54) is 16.4 Å². The minimum absolute atomic E-state index is 0.139. The molecule has 1 amide bonds. The molecular weight excluding hydrogens is 390 g/mol. The lowest BCUT2D eigenvalue weighted by molar-refractivity contribution is 0.0730. The Hall–Kier alpha value is -2.36. The highest BCUT2D eigenvalue weighted by Gasteiger charge is 2.27. The summed E-state index contributed by atoms with van der Waals surface area (Å²) in [6.07, 6.45) is 0.430. The van der Waals surface area contributed by atoms with Gasteiger partial charge in [-0.2, -0.15) is 4.31 Å². The van der Waals surface area contributed by atoms with Gasteiger partial charge in [0, 0.05) is 19.6 Å². The van der Waals surface area contributed by atoms with E-state index >= 15 is 0 Å². The Bertz CT molecular complexity index is 943. The van der Waals surface area contributed by atoms with E-state index < -0.39 is 21.7 Å². The van der Waals surface area contributed by atoms with E-state index in [9.17, 15) is 22.0 Å². The molecule has 2 aromatic rings. The largest absolute Gasteiger partial charge is 0.379 e. The Kier molecular flexibility index (Phi) is 6.38. The van der Waals surface area contributed by atoms with E-state index in [2.05, 4.69) is 5.32 Å². The highest BCUT2D eigenvalue weighted by molar-refractivity contribution is 7.89. The van der Waals surface area contributed by atoms with Crippen molar-refractivity contribution in [1.82, 2.24) is 9.62 Å². The van der Waals surface area contributed by atoms with Gasteiger partial charge in [-0.3, -0.25) is 4.79 Å². The van der Waals surface area contributed by atoms with Gasteiger partial charge in [-0.05, 0) is 42.3 Å². The number of nitrogens with zero attached hydrogens (tertiary/aromatic N) is 1. The van der Waals surface area contributed by atoms with Gasteiger partial charge in [0.2, 0.25) is 10.0 Å². The van der Waals surface area contributed by atoms with Gasteiger partial charge in [0.1, 0.15) is 11.6 Å². The van der Waals surface area contributed by atoms with Crippen LogP contribution in [0, 0.1) is 11.6 Å². The van der Waals surface area contributed by atoms with Gasteiger partial charge in [0.25, 0.3) is 5.91 Å². The van der Waals surface area contributed by atoms with E-state index in [-0.39, 0.29) is 49.1 Å². The molecule has 1 fully saturated rings. The summed E-state index contributed by atoms with van der Waals surface area (Å²) < 4.78 is 58.8. The molecule has 0 spiro atoms. The Balaban J connectivity index is 1.69. The molecule has 0 aliphatic carbocycles. The lowest BCUT2D eigenvalue weighted by Gasteiger charge is -2.26. The number of morpholine rings is 1. The third-order valence-electron chi connectivity index (χ3n) is 4.40. The monoisotopic (exact) mass is 410 g/mol. The van der Waals surface area contributed by atoms with Crippen LogP contribution >= 0.6 is 0 Å². The van der Waals surface area contributed by atoms with Gasteiger partial charge in [0.15, 0.2) is 0 Å². The summed E-state index contributed by atoms with van der Waals surface area (Å²) in [6.45, 7) is 1.19. The topological polar surface area (TPSA) is 75.7 Å². The highest BCUT2D eigenvalue weighted by atomic mass is 32.2. The number of ether oxygens (including phenoxy) is 1. The SMILES string of the molecule is O=C(NCCc1ccc(F)cc1)c1cc(S(=O)(=O)N2CCOCC2)ccc1F. The predicted octanol–water partition coefficient (Wildman–Crippen LogP) is 1.96. The van der Waals surface area contributed by atoms with E-state index in [1.54, 1.807) is 12.1 Å². The molecule has 6 nitrogen and oxygen atoms in total. The van der Waals surface area contributed by atoms with Crippen LogP contribution in [0.1, 0.15) is 15.9 Å². The van der Waals surface area contributed by atoms with Gasteiger partial charge in [-0.15, -0.1) is 0 Å². The van der Waals surface area contributed by atoms with Crippen molar-refractivity contribution in [1.29, 1.82) is 0 Å². The molecular formula is C19H20F2N2O4S. The lowest BCUT2D eigenvalue weighted by Crippen LogP contribution is -2.40. The summed E-state index contributed by atoms with van der Waals surface area (Å²) in [5.74, 6) is -1.87. The van der Waals surface area contributed by atoms with Crippen LogP contribution in [0.25, 0.3) is 0 Å². The fourth-order valence-corrected chi connectivity index (χ4v) is 4.28. The molecule has 150 valence electrons. The zero-order chi connectivity index (χ0) is 20.1. The number of amides is 1. The van der Waals surface area contributed by atoms with Crippen LogP contribution in [-0.4, -0.2) is 51.5 Å². The number of hydrogen-bond donors (Lipinski definition) is 1. The summed E-state index contributed by atoms with van der Waals surface area (Å²) in [4.78, 5) is 12.2. The number of sulfonamides is 1. The molecule has 0 unspecified atom stereocenters. The van der Waals surface area contributed by atoms with Crippen LogP contribution in [0.4, 0.5) is 8.78 Å². The smallest absolute Gasteiger partial charge is 0.254 e. The molecule has 0 aromatic heterocycles. The van der Waals surface area contributed by atoms with E-state index in [1.807, 2.05) is 0 Å². The molecule has 2 aromatic carbocycles.